The molecule has 0 aliphatic rings. The molecular weight excluding hydrogens is 608 g/mol. The molecule has 0 amide bonds. The van der Waals surface area contributed by atoms with Crippen LogP contribution in [-0.2, 0) is 17.3 Å². The molecule has 256 valence electrons. The Morgan fingerprint density at radius 2 is 0.898 bits per heavy atom. The predicted molar refractivity (Wildman–Crippen MR) is 199 cm³/mol. The van der Waals surface area contributed by atoms with Gasteiger partial charge in [0.25, 0.3) is 0 Å². The molecule has 8 nitrogen and oxygen atoms in total. The minimum absolute atomic E-state index is 0.0795. The number of phenolic OH excluding ortho intramolecular Hbond substituents is 2. The second-order valence-electron chi connectivity index (χ2n) is 17.5. The van der Waals surface area contributed by atoms with Gasteiger partial charge in [-0.05, 0) is 81.0 Å². The van der Waals surface area contributed by atoms with Crippen molar-refractivity contribution < 1.29 is 10.2 Å². The van der Waals surface area contributed by atoms with Crippen molar-refractivity contribution in [3.8, 4) is 33.8 Å². The zero-order chi connectivity index (χ0) is 35.5. The summed E-state index contributed by atoms with van der Waals surface area (Å²) >= 11 is 0. The second kappa shape index (κ2) is 12.0. The van der Waals surface area contributed by atoms with Crippen LogP contribution in [0.3, 0.4) is 0 Å². The molecule has 49 heavy (non-hydrogen) atoms. The van der Waals surface area contributed by atoms with E-state index in [0.717, 1.165) is 57.3 Å². The summed E-state index contributed by atoms with van der Waals surface area (Å²) in [4.78, 5) is 0. The SMILES string of the molecule is CC(C)(C)CC(C)(C)c1cc(Cc2cc(C(C)(C)CC(C)(C)C)cc(-c3cccc4n[nH]nc34)c2O)c(O)c(-c2cccc3n[nH]nc23)c1. The molecule has 0 saturated heterocycles. The summed E-state index contributed by atoms with van der Waals surface area (Å²) < 4.78 is 0. The number of nitrogens with zero attached hydrogens (tertiary/aromatic N) is 4. The number of aromatic amines is 2. The molecule has 4 aromatic carbocycles. The van der Waals surface area contributed by atoms with Crippen LogP contribution in [0.1, 0.15) is 104 Å². The highest BCUT2D eigenvalue weighted by atomic mass is 16.3. The average molecular weight is 659 g/mol. The van der Waals surface area contributed by atoms with Crippen molar-refractivity contribution in [3.63, 3.8) is 0 Å². The zero-order valence-electron chi connectivity index (χ0n) is 30.6. The Morgan fingerprint density at radius 3 is 1.27 bits per heavy atom. The Bertz CT molecular complexity index is 2000. The van der Waals surface area contributed by atoms with Crippen molar-refractivity contribution in [2.45, 2.75) is 99.3 Å². The van der Waals surface area contributed by atoms with Crippen molar-refractivity contribution in [1.29, 1.82) is 0 Å². The first-order valence-electron chi connectivity index (χ1n) is 17.2. The summed E-state index contributed by atoms with van der Waals surface area (Å²) in [5, 5.41) is 47.3. The first kappa shape index (κ1) is 34.2. The van der Waals surface area contributed by atoms with Gasteiger partial charge in [-0.2, -0.15) is 30.8 Å². The summed E-state index contributed by atoms with van der Waals surface area (Å²) in [6, 6.07) is 20.1. The normalized spacial score (nSPS) is 13.1. The minimum Gasteiger partial charge on any atom is -0.507 e. The van der Waals surface area contributed by atoms with Gasteiger partial charge in [0.2, 0.25) is 0 Å². The van der Waals surface area contributed by atoms with E-state index in [4.69, 9.17) is 0 Å². The van der Waals surface area contributed by atoms with Gasteiger partial charge in [-0.1, -0.05) is 106 Å². The molecule has 0 saturated carbocycles. The lowest BCUT2D eigenvalue weighted by molar-refractivity contribution is 0.283. The number of rotatable bonds is 8. The van der Waals surface area contributed by atoms with E-state index in [-0.39, 0.29) is 33.2 Å². The first-order valence-corrected chi connectivity index (χ1v) is 17.2. The molecule has 0 aliphatic heterocycles. The van der Waals surface area contributed by atoms with Gasteiger partial charge in [-0.15, -0.1) is 0 Å². The summed E-state index contributed by atoms with van der Waals surface area (Å²) in [5.74, 6) is 0.342. The molecule has 6 aromatic rings. The van der Waals surface area contributed by atoms with Crippen molar-refractivity contribution in [2.24, 2.45) is 10.8 Å². The van der Waals surface area contributed by atoms with E-state index in [1.54, 1.807) is 0 Å². The average Bonchev–Trinajstić information content (AvgIpc) is 3.66. The summed E-state index contributed by atoms with van der Waals surface area (Å²) in [6.07, 6.45) is 2.19. The largest absolute Gasteiger partial charge is 0.507 e. The number of para-hydroxylation sites is 2. The first-order chi connectivity index (χ1) is 22.8. The third-order valence-electron chi connectivity index (χ3n) is 9.54. The molecule has 2 heterocycles. The van der Waals surface area contributed by atoms with Crippen molar-refractivity contribution >= 4 is 22.1 Å². The van der Waals surface area contributed by atoms with E-state index in [1.807, 2.05) is 36.4 Å². The molecule has 8 heteroatoms. The Kier molecular flexibility index (Phi) is 8.37. The molecule has 4 N–H and O–H groups in total. The van der Waals surface area contributed by atoms with E-state index in [1.165, 1.54) is 0 Å². The smallest absolute Gasteiger partial charge is 0.127 e. The molecule has 6 rings (SSSR count). The van der Waals surface area contributed by atoms with Crippen LogP contribution in [0.2, 0.25) is 0 Å². The number of aromatic nitrogens is 6. The molecule has 2 aromatic heterocycles. The van der Waals surface area contributed by atoms with Gasteiger partial charge in [-0.25, -0.2) is 0 Å². The van der Waals surface area contributed by atoms with Crippen LogP contribution >= 0.6 is 0 Å². The number of H-pyrrole nitrogens is 2. The zero-order valence-corrected chi connectivity index (χ0v) is 30.6. The lowest BCUT2D eigenvalue weighted by Gasteiger charge is -2.34. The quantitative estimate of drug-likeness (QED) is 0.129. The van der Waals surface area contributed by atoms with Crippen molar-refractivity contribution in [3.05, 3.63) is 82.9 Å². The summed E-state index contributed by atoms with van der Waals surface area (Å²) in [5.41, 5.74) is 9.32. The number of hydrogen-bond acceptors (Lipinski definition) is 6. The molecule has 0 atom stereocenters. The monoisotopic (exact) mass is 658 g/mol. The van der Waals surface area contributed by atoms with Crippen LogP contribution in [0.4, 0.5) is 0 Å². The summed E-state index contributed by atoms with van der Waals surface area (Å²) in [6.45, 7) is 22.6. The van der Waals surface area contributed by atoms with E-state index in [9.17, 15) is 10.2 Å². The summed E-state index contributed by atoms with van der Waals surface area (Å²) in [7, 11) is 0. The van der Waals surface area contributed by atoms with Gasteiger partial charge in [0, 0.05) is 28.7 Å². The fourth-order valence-corrected chi connectivity index (χ4v) is 8.08. The number of nitrogens with one attached hydrogen (secondary N) is 2. The molecule has 0 unspecified atom stereocenters. The Hall–Kier alpha value is -4.72. The Labute approximate surface area is 289 Å². The Morgan fingerprint density at radius 1 is 0.510 bits per heavy atom. The van der Waals surface area contributed by atoms with Crippen molar-refractivity contribution in [2.75, 3.05) is 0 Å². The number of phenols is 2. The maximum atomic E-state index is 12.1. The standard InChI is InChI=1S/C41H50N6O2/c1-38(2,3)22-40(7,8)26-18-24(36(48)30(20-26)28-13-11-15-32-34(28)44-46-42-32)17-25-19-27(41(9,10)23-39(4,5)6)21-31(37(25)49)29-14-12-16-33-35(29)45-47-43-33/h11-16,18-21,48-49H,17,22-23H2,1-10H3,(H,42,44,46)(H,43,45,47). The fourth-order valence-electron chi connectivity index (χ4n) is 8.08. The van der Waals surface area contributed by atoms with Crippen LogP contribution in [0.25, 0.3) is 44.3 Å². The highest BCUT2D eigenvalue weighted by molar-refractivity contribution is 5.95. The number of hydrogen-bond donors (Lipinski definition) is 4. The molecule has 0 bridgehead atoms. The molecule has 0 spiro atoms. The minimum atomic E-state index is -0.209. The number of fused-ring (bicyclic) bond motifs is 2. The van der Waals surface area contributed by atoms with Gasteiger partial charge in [0.1, 0.15) is 33.6 Å². The maximum absolute atomic E-state index is 12.1. The predicted octanol–water partition coefficient (Wildman–Crippen LogP) is 9.99. The second-order valence-corrected chi connectivity index (χ2v) is 17.5. The lowest BCUT2D eigenvalue weighted by atomic mass is 9.71. The molecular formula is C41H50N6O2. The van der Waals surface area contributed by atoms with Crippen LogP contribution in [0, 0.1) is 10.8 Å². The van der Waals surface area contributed by atoms with Gasteiger partial charge >= 0.3 is 0 Å². The van der Waals surface area contributed by atoms with E-state index in [0.29, 0.717) is 28.6 Å². The number of aromatic hydroxyl groups is 2. The fraction of sp³-hybridized carbons (Fsp3) is 0.415. The van der Waals surface area contributed by atoms with E-state index in [2.05, 4.69) is 124 Å². The molecule has 0 aliphatic carbocycles. The third-order valence-corrected chi connectivity index (χ3v) is 9.54. The van der Waals surface area contributed by atoms with Gasteiger partial charge in [0.15, 0.2) is 0 Å². The van der Waals surface area contributed by atoms with Crippen LogP contribution in [-0.4, -0.2) is 41.0 Å². The highest BCUT2D eigenvalue weighted by Gasteiger charge is 2.32. The van der Waals surface area contributed by atoms with E-state index >= 15 is 0 Å². The van der Waals surface area contributed by atoms with E-state index < -0.39 is 0 Å². The molecule has 0 radical (unpaired) electrons. The van der Waals surface area contributed by atoms with Gasteiger partial charge < -0.3 is 10.2 Å². The highest BCUT2D eigenvalue weighted by Crippen LogP contribution is 2.46. The van der Waals surface area contributed by atoms with Crippen molar-refractivity contribution in [1.82, 2.24) is 30.8 Å². The lowest BCUT2D eigenvalue weighted by Crippen LogP contribution is -2.25. The number of benzene rings is 4. The molecule has 0 fully saturated rings. The topological polar surface area (TPSA) is 124 Å². The van der Waals surface area contributed by atoms with Gasteiger partial charge in [-0.3, -0.25) is 0 Å². The van der Waals surface area contributed by atoms with Gasteiger partial charge in [0.05, 0.1) is 0 Å². The maximum Gasteiger partial charge on any atom is 0.127 e. The van der Waals surface area contributed by atoms with Crippen LogP contribution in [0.15, 0.2) is 60.7 Å². The third kappa shape index (κ3) is 6.91. The Balaban J connectivity index is 1.59. The van der Waals surface area contributed by atoms with Crippen LogP contribution < -0.4 is 0 Å². The van der Waals surface area contributed by atoms with Crippen LogP contribution in [0.5, 0.6) is 11.5 Å².